The van der Waals surface area contributed by atoms with E-state index in [1.807, 2.05) is 18.5 Å². The van der Waals surface area contributed by atoms with Gasteiger partial charge in [0.15, 0.2) is 0 Å². The average Bonchev–Trinajstić information content (AvgIpc) is 2.61. The first-order valence-electron chi connectivity index (χ1n) is 5.42. The maximum absolute atomic E-state index is 11.3. The zero-order valence-corrected chi connectivity index (χ0v) is 11.2. The number of fused-ring (bicyclic) bond motifs is 1. The molecule has 1 heterocycles. The van der Waals surface area contributed by atoms with Gasteiger partial charge < -0.3 is 15.0 Å². The smallest absolute Gasteiger partial charge is 0.310 e. The number of hydrogen-bond acceptors (Lipinski definition) is 4. The van der Waals surface area contributed by atoms with Crippen molar-refractivity contribution >= 4 is 34.3 Å². The average molecular weight is 268 g/mol. The number of aryl methyl sites for hydroxylation is 2. The predicted molar refractivity (Wildman–Crippen MR) is 70.6 cm³/mol. The van der Waals surface area contributed by atoms with Gasteiger partial charge in [-0.05, 0) is 18.6 Å². The molecule has 0 aliphatic rings. The van der Waals surface area contributed by atoms with Gasteiger partial charge in [0, 0.05) is 7.05 Å². The molecule has 0 unspecified atom stereocenters. The van der Waals surface area contributed by atoms with E-state index in [0.29, 0.717) is 16.3 Å². The van der Waals surface area contributed by atoms with Gasteiger partial charge in [0.2, 0.25) is 0 Å². The molecule has 2 rings (SSSR count). The monoisotopic (exact) mass is 267 g/mol. The molecule has 2 aromatic rings. The Morgan fingerprint density at radius 3 is 2.89 bits per heavy atom. The highest BCUT2D eigenvalue weighted by molar-refractivity contribution is 6.37. The van der Waals surface area contributed by atoms with Gasteiger partial charge >= 0.3 is 5.97 Å². The van der Waals surface area contributed by atoms with E-state index in [2.05, 4.69) is 9.72 Å². The molecule has 5 nitrogen and oxygen atoms in total. The number of methoxy groups -OCH3 is 1. The number of benzene rings is 1. The van der Waals surface area contributed by atoms with Crippen LogP contribution in [-0.2, 0) is 23.0 Å². The predicted octanol–water partition coefficient (Wildman–Crippen LogP) is 1.83. The topological polar surface area (TPSA) is 70.1 Å². The highest BCUT2D eigenvalue weighted by atomic mass is 35.5. The molecular formula is C12H14ClN3O2. The minimum atomic E-state index is -0.357. The fourth-order valence-corrected chi connectivity index (χ4v) is 2.23. The van der Waals surface area contributed by atoms with E-state index in [0.717, 1.165) is 16.9 Å². The maximum atomic E-state index is 11.3. The molecule has 0 spiro atoms. The number of carbonyl (C=O) groups excluding carboxylic acids is 1. The van der Waals surface area contributed by atoms with Gasteiger partial charge in [-0.2, -0.15) is 0 Å². The largest absolute Gasteiger partial charge is 0.469 e. The van der Waals surface area contributed by atoms with Crippen LogP contribution in [0.2, 0.25) is 5.02 Å². The molecular weight excluding hydrogens is 254 g/mol. The van der Waals surface area contributed by atoms with E-state index in [-0.39, 0.29) is 12.4 Å². The molecule has 6 heteroatoms. The third-order valence-corrected chi connectivity index (χ3v) is 3.39. The Labute approximate surface area is 109 Å². The van der Waals surface area contributed by atoms with Gasteiger partial charge in [-0.1, -0.05) is 11.6 Å². The number of hydrogen-bond donors (Lipinski definition) is 1. The van der Waals surface area contributed by atoms with E-state index >= 15 is 0 Å². The number of anilines is 1. The van der Waals surface area contributed by atoms with Crippen molar-refractivity contribution in [1.29, 1.82) is 0 Å². The number of nitrogens with zero attached hydrogens (tertiary/aromatic N) is 2. The lowest BCUT2D eigenvalue weighted by Gasteiger charge is -2.08. The summed E-state index contributed by atoms with van der Waals surface area (Å²) in [7, 11) is 3.21. The lowest BCUT2D eigenvalue weighted by molar-refractivity contribution is -0.139. The van der Waals surface area contributed by atoms with Crippen LogP contribution in [0.1, 0.15) is 11.4 Å². The third-order valence-electron chi connectivity index (χ3n) is 3.01. The van der Waals surface area contributed by atoms with E-state index in [1.54, 1.807) is 6.07 Å². The maximum Gasteiger partial charge on any atom is 0.310 e. The van der Waals surface area contributed by atoms with Crippen LogP contribution in [-0.4, -0.2) is 22.6 Å². The quantitative estimate of drug-likeness (QED) is 0.666. The molecule has 2 N–H and O–H groups in total. The summed E-state index contributed by atoms with van der Waals surface area (Å²) in [6, 6.07) is 1.78. The number of imidazole rings is 1. The van der Waals surface area contributed by atoms with Gasteiger partial charge in [-0.15, -0.1) is 0 Å². The summed E-state index contributed by atoms with van der Waals surface area (Å²) in [5.41, 5.74) is 8.49. The van der Waals surface area contributed by atoms with Crippen molar-refractivity contribution in [3.63, 3.8) is 0 Å². The van der Waals surface area contributed by atoms with Crippen molar-refractivity contribution in [1.82, 2.24) is 9.55 Å². The standard InChI is InChI=1S/C12H14ClN3O2/c1-6-15-8-4-7(5-9(17)18-3)11(14)10(13)12(8)16(6)2/h4H,5,14H2,1-3H3. The number of halogens is 1. The Balaban J connectivity index is 2.64. The van der Waals surface area contributed by atoms with Crippen molar-refractivity contribution in [3.8, 4) is 0 Å². The number of esters is 1. The summed E-state index contributed by atoms with van der Waals surface area (Å²) < 4.78 is 6.50. The first kappa shape index (κ1) is 12.7. The van der Waals surface area contributed by atoms with E-state index < -0.39 is 0 Å². The Morgan fingerprint density at radius 2 is 2.28 bits per heavy atom. The molecule has 0 radical (unpaired) electrons. The second-order valence-corrected chi connectivity index (χ2v) is 4.48. The molecule has 0 saturated carbocycles. The van der Waals surface area contributed by atoms with Gasteiger partial charge in [-0.3, -0.25) is 4.79 Å². The second-order valence-electron chi connectivity index (χ2n) is 4.10. The number of nitrogens with two attached hydrogens (primary N) is 1. The molecule has 0 amide bonds. The van der Waals surface area contributed by atoms with E-state index in [1.165, 1.54) is 7.11 Å². The van der Waals surface area contributed by atoms with Crippen LogP contribution in [0, 0.1) is 6.92 Å². The SMILES string of the molecule is COC(=O)Cc1cc2nc(C)n(C)c2c(Cl)c1N. The highest BCUT2D eigenvalue weighted by Gasteiger charge is 2.16. The lowest BCUT2D eigenvalue weighted by Crippen LogP contribution is -2.07. The number of ether oxygens (including phenoxy) is 1. The Morgan fingerprint density at radius 1 is 1.61 bits per heavy atom. The molecule has 0 bridgehead atoms. The normalized spacial score (nSPS) is 10.9. The fourth-order valence-electron chi connectivity index (χ4n) is 1.88. The van der Waals surface area contributed by atoms with Crippen LogP contribution >= 0.6 is 11.6 Å². The first-order chi connectivity index (χ1) is 8.45. The summed E-state index contributed by atoms with van der Waals surface area (Å²) in [4.78, 5) is 15.7. The molecule has 0 saturated heterocycles. The van der Waals surface area contributed by atoms with Gasteiger partial charge in [0.25, 0.3) is 0 Å². The molecule has 0 fully saturated rings. The molecule has 1 aromatic carbocycles. The van der Waals surface area contributed by atoms with Crippen molar-refractivity contribution in [2.45, 2.75) is 13.3 Å². The molecule has 0 aliphatic carbocycles. The Bertz CT molecular complexity index is 634. The van der Waals surface area contributed by atoms with Crippen LogP contribution in [0.25, 0.3) is 11.0 Å². The highest BCUT2D eigenvalue weighted by Crippen LogP contribution is 2.32. The lowest BCUT2D eigenvalue weighted by atomic mass is 10.1. The minimum Gasteiger partial charge on any atom is -0.469 e. The molecule has 96 valence electrons. The first-order valence-corrected chi connectivity index (χ1v) is 5.80. The summed E-state index contributed by atoms with van der Waals surface area (Å²) in [6.07, 6.45) is 0.0909. The van der Waals surface area contributed by atoms with Gasteiger partial charge in [-0.25, -0.2) is 4.98 Å². The third kappa shape index (κ3) is 1.90. The van der Waals surface area contributed by atoms with E-state index in [4.69, 9.17) is 17.3 Å². The molecule has 0 aliphatic heterocycles. The Hall–Kier alpha value is -1.75. The summed E-state index contributed by atoms with van der Waals surface area (Å²) >= 11 is 6.24. The van der Waals surface area contributed by atoms with Crippen LogP contribution in [0.5, 0.6) is 0 Å². The Kier molecular flexibility index (Phi) is 3.17. The van der Waals surface area contributed by atoms with Crippen LogP contribution in [0.4, 0.5) is 5.69 Å². The summed E-state index contributed by atoms with van der Waals surface area (Å²) in [5.74, 6) is 0.478. The molecule has 18 heavy (non-hydrogen) atoms. The van der Waals surface area contributed by atoms with Gasteiger partial charge in [0.05, 0.1) is 35.3 Å². The van der Waals surface area contributed by atoms with Crippen molar-refractivity contribution in [2.24, 2.45) is 7.05 Å². The second kappa shape index (κ2) is 4.49. The van der Waals surface area contributed by atoms with Gasteiger partial charge in [0.1, 0.15) is 5.82 Å². The molecule has 0 atom stereocenters. The van der Waals surface area contributed by atoms with Crippen molar-refractivity contribution in [2.75, 3.05) is 12.8 Å². The summed E-state index contributed by atoms with van der Waals surface area (Å²) in [6.45, 7) is 1.88. The van der Waals surface area contributed by atoms with Crippen LogP contribution < -0.4 is 5.73 Å². The zero-order chi connectivity index (χ0) is 13.4. The van der Waals surface area contributed by atoms with Crippen molar-refractivity contribution < 1.29 is 9.53 Å². The van der Waals surface area contributed by atoms with Crippen LogP contribution in [0.15, 0.2) is 6.07 Å². The number of aromatic nitrogens is 2. The summed E-state index contributed by atoms with van der Waals surface area (Å²) in [5, 5.41) is 0.425. The van der Waals surface area contributed by atoms with Crippen molar-refractivity contribution in [3.05, 3.63) is 22.5 Å². The zero-order valence-electron chi connectivity index (χ0n) is 10.5. The minimum absolute atomic E-state index is 0.0909. The number of carbonyl (C=O) groups is 1. The number of nitrogen functional groups attached to an aromatic ring is 1. The number of rotatable bonds is 2. The van der Waals surface area contributed by atoms with E-state index in [9.17, 15) is 4.79 Å². The molecule has 1 aromatic heterocycles. The van der Waals surface area contributed by atoms with Crippen LogP contribution in [0.3, 0.4) is 0 Å². The fraction of sp³-hybridized carbons (Fsp3) is 0.333.